The van der Waals surface area contributed by atoms with Gasteiger partial charge in [-0.2, -0.15) is 5.26 Å². The Kier molecular flexibility index (Phi) is 6.82. The number of likely N-dealkylation sites (tertiary alicyclic amines) is 1. The van der Waals surface area contributed by atoms with E-state index in [1.807, 2.05) is 13.0 Å². The normalized spacial score (nSPS) is 20.6. The molecule has 0 saturated carbocycles. The molecule has 1 spiro atoms. The van der Waals surface area contributed by atoms with Crippen LogP contribution >= 0.6 is 0 Å². The lowest BCUT2D eigenvalue weighted by atomic mass is 9.80. The minimum Gasteiger partial charge on any atom is -0.379 e. The molecule has 0 bridgehead atoms. The number of halogens is 2. The second-order valence-corrected chi connectivity index (χ2v) is 9.94. The molecule has 1 aromatic heterocycles. The number of benzene rings is 2. The first kappa shape index (κ1) is 26.3. The Hall–Kier alpha value is -4.30. The molecule has 2 N–H and O–H groups in total. The first-order chi connectivity index (χ1) is 18.7. The quantitative estimate of drug-likeness (QED) is 0.450. The first-order valence-electron chi connectivity index (χ1n) is 12.6. The van der Waals surface area contributed by atoms with Crippen molar-refractivity contribution in [1.29, 1.82) is 5.26 Å². The fraction of sp³-hybridized carbons (Fsp3) is 0.357. The topological polar surface area (TPSA) is 119 Å². The van der Waals surface area contributed by atoms with Gasteiger partial charge in [0.05, 0.1) is 23.6 Å². The van der Waals surface area contributed by atoms with Gasteiger partial charge in [0.15, 0.2) is 0 Å². The highest BCUT2D eigenvalue weighted by atomic mass is 19.1. The van der Waals surface area contributed by atoms with Crippen LogP contribution in [0.15, 0.2) is 42.5 Å². The van der Waals surface area contributed by atoms with Crippen molar-refractivity contribution in [2.75, 3.05) is 32.1 Å². The lowest BCUT2D eigenvalue weighted by Crippen LogP contribution is -2.53. The molecule has 3 atom stereocenters. The van der Waals surface area contributed by atoms with Crippen molar-refractivity contribution in [2.24, 2.45) is 0 Å². The number of hydrogen-bond donors (Lipinski definition) is 2. The number of amides is 3. The molecule has 3 amide bonds. The molecule has 202 valence electrons. The van der Waals surface area contributed by atoms with E-state index >= 15 is 0 Å². The summed E-state index contributed by atoms with van der Waals surface area (Å²) in [5.74, 6) is -3.09. The molecule has 2 aromatic carbocycles. The zero-order valence-corrected chi connectivity index (χ0v) is 21.5. The maximum atomic E-state index is 14.3. The summed E-state index contributed by atoms with van der Waals surface area (Å²) in [6, 6.07) is 10.4. The second-order valence-electron chi connectivity index (χ2n) is 9.94. The number of anilines is 1. The van der Waals surface area contributed by atoms with Crippen molar-refractivity contribution in [3.8, 4) is 6.07 Å². The number of nitriles is 1. The van der Waals surface area contributed by atoms with Gasteiger partial charge in [-0.05, 0) is 30.2 Å². The van der Waals surface area contributed by atoms with E-state index in [2.05, 4.69) is 16.4 Å². The highest BCUT2D eigenvalue weighted by Gasteiger charge is 2.56. The van der Waals surface area contributed by atoms with Crippen LogP contribution < -0.4 is 5.32 Å². The number of aromatic amines is 1. The number of carbonyl (C=O) groups is 3. The number of para-hydroxylation sites is 1. The zero-order valence-electron chi connectivity index (χ0n) is 21.5. The standard InChI is InChI=1S/C28H27F2N5O4/c1-3-8-39-14-24(34(2)25(36)23-11-18-20(30)9-16(29)10-22(18)32-23)26(37)35-15-28(12-17(35)13-31)19-6-4-5-7-21(19)33-27(28)38/h4-7,9-11,17,24,32H,3,8,12,14-15H2,1-2H3,(H,33,38)/t17-,24?,28-/m0/s1. The number of ether oxygens (including phenoxy) is 1. The van der Waals surface area contributed by atoms with Crippen LogP contribution in [-0.4, -0.2) is 71.4 Å². The number of likely N-dealkylation sites (N-methyl/N-ethyl adjacent to an activating group) is 1. The number of H-pyrrole nitrogens is 1. The van der Waals surface area contributed by atoms with Gasteiger partial charge >= 0.3 is 0 Å². The SMILES string of the molecule is CCCOCC(C(=O)N1C[C@]2(C[C@H]1C#N)C(=O)Nc1ccccc12)N(C)C(=O)c1cc2c(F)cc(F)cc2[nH]1. The van der Waals surface area contributed by atoms with Crippen LogP contribution in [0, 0.1) is 23.0 Å². The average molecular weight is 536 g/mol. The molecule has 1 fully saturated rings. The van der Waals surface area contributed by atoms with Crippen molar-refractivity contribution >= 4 is 34.3 Å². The number of hydrogen-bond acceptors (Lipinski definition) is 5. The van der Waals surface area contributed by atoms with Crippen LogP contribution in [0.3, 0.4) is 0 Å². The van der Waals surface area contributed by atoms with Gasteiger partial charge in [0, 0.05) is 43.8 Å². The number of aromatic nitrogens is 1. The zero-order chi connectivity index (χ0) is 27.9. The van der Waals surface area contributed by atoms with E-state index in [9.17, 15) is 28.4 Å². The molecule has 2 aliphatic rings. The summed E-state index contributed by atoms with van der Waals surface area (Å²) < 4.78 is 33.6. The molecule has 1 unspecified atom stereocenters. The summed E-state index contributed by atoms with van der Waals surface area (Å²) in [4.78, 5) is 45.8. The van der Waals surface area contributed by atoms with Crippen LogP contribution in [-0.2, 0) is 19.7 Å². The molecule has 2 aliphatic heterocycles. The molecular weight excluding hydrogens is 508 g/mol. The van der Waals surface area contributed by atoms with Crippen LogP contribution in [0.5, 0.6) is 0 Å². The summed E-state index contributed by atoms with van der Waals surface area (Å²) in [6.45, 7) is 2.05. The lowest BCUT2D eigenvalue weighted by molar-refractivity contribution is -0.138. The predicted octanol–water partition coefficient (Wildman–Crippen LogP) is 3.33. The van der Waals surface area contributed by atoms with E-state index in [4.69, 9.17) is 4.74 Å². The summed E-state index contributed by atoms with van der Waals surface area (Å²) in [5.41, 5.74) is 0.352. The van der Waals surface area contributed by atoms with Gasteiger partial charge in [0.25, 0.3) is 5.91 Å². The Morgan fingerprint density at radius 1 is 1.28 bits per heavy atom. The monoisotopic (exact) mass is 535 g/mol. The third-order valence-electron chi connectivity index (χ3n) is 7.50. The van der Waals surface area contributed by atoms with Crippen LogP contribution in [0.4, 0.5) is 14.5 Å². The third-order valence-corrected chi connectivity index (χ3v) is 7.50. The third kappa shape index (κ3) is 4.40. The van der Waals surface area contributed by atoms with E-state index in [0.717, 1.165) is 17.7 Å². The van der Waals surface area contributed by atoms with Crippen LogP contribution in [0.25, 0.3) is 10.9 Å². The van der Waals surface area contributed by atoms with E-state index in [-0.39, 0.29) is 42.1 Å². The summed E-state index contributed by atoms with van der Waals surface area (Å²) in [7, 11) is 1.41. The van der Waals surface area contributed by atoms with Crippen molar-refractivity contribution in [3.05, 3.63) is 65.4 Å². The molecule has 0 radical (unpaired) electrons. The molecule has 9 nitrogen and oxygen atoms in total. The molecular formula is C28H27F2N5O4. The number of rotatable bonds is 7. The van der Waals surface area contributed by atoms with Crippen molar-refractivity contribution in [1.82, 2.24) is 14.8 Å². The number of carbonyl (C=O) groups excluding carboxylic acids is 3. The predicted molar refractivity (Wildman–Crippen MR) is 138 cm³/mol. The van der Waals surface area contributed by atoms with E-state index in [1.54, 1.807) is 18.2 Å². The van der Waals surface area contributed by atoms with Gasteiger partial charge < -0.3 is 24.8 Å². The van der Waals surface area contributed by atoms with Crippen molar-refractivity contribution < 1.29 is 27.9 Å². The van der Waals surface area contributed by atoms with E-state index in [0.29, 0.717) is 18.7 Å². The highest BCUT2D eigenvalue weighted by Crippen LogP contribution is 2.46. The fourth-order valence-electron chi connectivity index (χ4n) is 5.47. The minimum absolute atomic E-state index is 0.0317. The maximum Gasteiger partial charge on any atom is 0.270 e. The average Bonchev–Trinajstić information content (AvgIpc) is 3.60. The van der Waals surface area contributed by atoms with Gasteiger partial charge in [-0.25, -0.2) is 8.78 Å². The number of nitrogens with one attached hydrogen (secondary N) is 2. The lowest BCUT2D eigenvalue weighted by Gasteiger charge is -2.32. The van der Waals surface area contributed by atoms with Crippen LogP contribution in [0.1, 0.15) is 35.8 Å². The van der Waals surface area contributed by atoms with Gasteiger partial charge in [-0.1, -0.05) is 25.1 Å². The van der Waals surface area contributed by atoms with Gasteiger partial charge in [-0.15, -0.1) is 0 Å². The van der Waals surface area contributed by atoms with E-state index < -0.39 is 40.9 Å². The molecule has 3 aromatic rings. The molecule has 11 heteroatoms. The largest absolute Gasteiger partial charge is 0.379 e. The Labute approximate surface area is 223 Å². The highest BCUT2D eigenvalue weighted by molar-refractivity contribution is 6.07. The van der Waals surface area contributed by atoms with Gasteiger partial charge in [0.2, 0.25) is 11.8 Å². The Bertz CT molecular complexity index is 1520. The first-order valence-corrected chi connectivity index (χ1v) is 12.6. The molecule has 3 heterocycles. The molecule has 5 rings (SSSR count). The maximum absolute atomic E-state index is 14.3. The van der Waals surface area contributed by atoms with Gasteiger partial charge in [0.1, 0.15) is 29.4 Å². The Balaban J connectivity index is 1.45. The Morgan fingerprint density at radius 2 is 2.05 bits per heavy atom. The summed E-state index contributed by atoms with van der Waals surface area (Å²) in [6.07, 6.45) is 0.793. The second kappa shape index (κ2) is 10.1. The fourth-order valence-corrected chi connectivity index (χ4v) is 5.47. The van der Waals surface area contributed by atoms with E-state index in [1.165, 1.54) is 22.9 Å². The smallest absolute Gasteiger partial charge is 0.270 e. The van der Waals surface area contributed by atoms with Crippen molar-refractivity contribution in [3.63, 3.8) is 0 Å². The van der Waals surface area contributed by atoms with Crippen molar-refractivity contribution in [2.45, 2.75) is 37.3 Å². The molecule has 1 saturated heterocycles. The minimum atomic E-state index is -1.14. The Morgan fingerprint density at radius 3 is 2.79 bits per heavy atom. The summed E-state index contributed by atoms with van der Waals surface area (Å²) in [5, 5.41) is 12.8. The molecule has 0 aliphatic carbocycles. The number of nitrogens with zero attached hydrogens (tertiary/aromatic N) is 3. The van der Waals surface area contributed by atoms with Gasteiger partial charge in [-0.3, -0.25) is 14.4 Å². The van der Waals surface area contributed by atoms with Crippen LogP contribution in [0.2, 0.25) is 0 Å². The summed E-state index contributed by atoms with van der Waals surface area (Å²) >= 11 is 0. The molecule has 39 heavy (non-hydrogen) atoms. The number of fused-ring (bicyclic) bond motifs is 3.